The molecular weight excluding hydrogens is 156 g/mol. The van der Waals surface area contributed by atoms with Gasteiger partial charge in [-0.05, 0) is 13.3 Å². The van der Waals surface area contributed by atoms with E-state index in [-0.39, 0.29) is 5.97 Å². The van der Waals surface area contributed by atoms with Crippen molar-refractivity contribution in [2.24, 2.45) is 0 Å². The van der Waals surface area contributed by atoms with Crippen LogP contribution in [0.5, 0.6) is 0 Å². The van der Waals surface area contributed by atoms with Crippen LogP contribution in [0.15, 0.2) is 12.2 Å². The van der Waals surface area contributed by atoms with Gasteiger partial charge in [-0.1, -0.05) is 6.58 Å². The Balaban J connectivity index is 2.49. The highest BCUT2D eigenvalue weighted by Gasteiger charge is 2.33. The van der Waals surface area contributed by atoms with Gasteiger partial charge in [0, 0.05) is 18.9 Å². The fourth-order valence-corrected chi connectivity index (χ4v) is 1.12. The van der Waals surface area contributed by atoms with Gasteiger partial charge in [-0.15, -0.1) is 0 Å². The zero-order valence-corrected chi connectivity index (χ0v) is 7.55. The second kappa shape index (κ2) is 3.27. The number of ether oxygens (including phenoxy) is 2. The fraction of sp³-hybridized carbons (Fsp3) is 0.667. The molecule has 1 unspecified atom stereocenters. The number of rotatable bonds is 2. The Labute approximate surface area is 72.4 Å². The summed E-state index contributed by atoms with van der Waals surface area (Å²) in [5.41, 5.74) is 0.409. The lowest BCUT2D eigenvalue weighted by atomic mass is 10.2. The minimum absolute atomic E-state index is 0.376. The number of esters is 1. The predicted molar refractivity (Wildman–Crippen MR) is 44.5 cm³/mol. The molecule has 0 spiro atoms. The molecule has 0 aromatic heterocycles. The molecule has 0 aliphatic carbocycles. The third-order valence-electron chi connectivity index (χ3n) is 1.84. The first-order valence-electron chi connectivity index (χ1n) is 4.06. The third kappa shape index (κ3) is 2.08. The van der Waals surface area contributed by atoms with E-state index in [0.717, 1.165) is 12.8 Å². The molecule has 0 amide bonds. The van der Waals surface area contributed by atoms with Crippen molar-refractivity contribution in [1.82, 2.24) is 0 Å². The van der Waals surface area contributed by atoms with Crippen molar-refractivity contribution in [3.8, 4) is 0 Å². The minimum Gasteiger partial charge on any atom is -0.430 e. The molecule has 0 N–H and O–H groups in total. The van der Waals surface area contributed by atoms with Crippen LogP contribution in [0, 0.1) is 0 Å². The van der Waals surface area contributed by atoms with Crippen molar-refractivity contribution in [3.63, 3.8) is 0 Å². The molecule has 0 bridgehead atoms. The summed E-state index contributed by atoms with van der Waals surface area (Å²) in [6.45, 7) is 7.57. The topological polar surface area (TPSA) is 35.5 Å². The Bertz CT molecular complexity index is 202. The SMILES string of the molecule is C=C(C)C(=O)OC1(C)CCCO1. The highest BCUT2D eigenvalue weighted by atomic mass is 16.7. The average Bonchev–Trinajstić information content (AvgIpc) is 2.35. The van der Waals surface area contributed by atoms with Crippen LogP contribution in [0.25, 0.3) is 0 Å². The largest absolute Gasteiger partial charge is 0.430 e. The zero-order valence-electron chi connectivity index (χ0n) is 7.55. The van der Waals surface area contributed by atoms with Crippen LogP contribution >= 0.6 is 0 Å². The van der Waals surface area contributed by atoms with Crippen LogP contribution in [-0.2, 0) is 14.3 Å². The summed E-state index contributed by atoms with van der Waals surface area (Å²) in [7, 11) is 0. The van der Waals surface area contributed by atoms with E-state index < -0.39 is 5.79 Å². The van der Waals surface area contributed by atoms with Crippen molar-refractivity contribution in [1.29, 1.82) is 0 Å². The van der Waals surface area contributed by atoms with Crippen LogP contribution in [0.1, 0.15) is 26.7 Å². The number of hydrogen-bond acceptors (Lipinski definition) is 3. The molecule has 0 saturated carbocycles. The highest BCUT2D eigenvalue weighted by Crippen LogP contribution is 2.26. The molecule has 1 aliphatic rings. The summed E-state index contributed by atoms with van der Waals surface area (Å²) in [5.74, 6) is -1.09. The molecule has 1 rings (SSSR count). The van der Waals surface area contributed by atoms with E-state index in [9.17, 15) is 4.79 Å². The first-order chi connectivity index (χ1) is 5.53. The molecule has 3 heteroatoms. The van der Waals surface area contributed by atoms with Crippen molar-refractivity contribution in [2.75, 3.05) is 6.61 Å². The lowest BCUT2D eigenvalue weighted by Crippen LogP contribution is -2.30. The van der Waals surface area contributed by atoms with E-state index in [1.54, 1.807) is 13.8 Å². The molecule has 1 saturated heterocycles. The Morgan fingerprint density at radius 2 is 2.33 bits per heavy atom. The lowest BCUT2D eigenvalue weighted by molar-refractivity contribution is -0.201. The maximum atomic E-state index is 11.1. The normalized spacial score (nSPS) is 28.5. The lowest BCUT2D eigenvalue weighted by Gasteiger charge is -2.23. The summed E-state index contributed by atoms with van der Waals surface area (Å²) in [4.78, 5) is 11.1. The Morgan fingerprint density at radius 3 is 2.75 bits per heavy atom. The van der Waals surface area contributed by atoms with Gasteiger partial charge in [0.05, 0.1) is 6.61 Å². The number of carbonyl (C=O) groups is 1. The van der Waals surface area contributed by atoms with Crippen molar-refractivity contribution in [2.45, 2.75) is 32.5 Å². The summed E-state index contributed by atoms with van der Waals surface area (Å²) in [6.07, 6.45) is 1.71. The van der Waals surface area contributed by atoms with Crippen molar-refractivity contribution < 1.29 is 14.3 Å². The van der Waals surface area contributed by atoms with Gasteiger partial charge in [0.15, 0.2) is 0 Å². The van der Waals surface area contributed by atoms with Gasteiger partial charge in [-0.25, -0.2) is 4.79 Å². The first kappa shape index (κ1) is 9.26. The molecule has 12 heavy (non-hydrogen) atoms. The van der Waals surface area contributed by atoms with E-state index >= 15 is 0 Å². The van der Waals surface area contributed by atoms with Gasteiger partial charge >= 0.3 is 5.97 Å². The molecule has 1 fully saturated rings. The van der Waals surface area contributed by atoms with E-state index in [0.29, 0.717) is 12.2 Å². The summed E-state index contributed by atoms with van der Waals surface area (Å²) in [5, 5.41) is 0. The van der Waals surface area contributed by atoms with Crippen molar-refractivity contribution in [3.05, 3.63) is 12.2 Å². The van der Waals surface area contributed by atoms with Crippen LogP contribution in [0.3, 0.4) is 0 Å². The van der Waals surface area contributed by atoms with Gasteiger partial charge in [-0.2, -0.15) is 0 Å². The fourth-order valence-electron chi connectivity index (χ4n) is 1.12. The molecule has 0 aromatic carbocycles. The Morgan fingerprint density at radius 1 is 1.67 bits per heavy atom. The van der Waals surface area contributed by atoms with Crippen LogP contribution in [0.2, 0.25) is 0 Å². The van der Waals surface area contributed by atoms with E-state index in [1.165, 1.54) is 0 Å². The number of carbonyl (C=O) groups excluding carboxylic acids is 1. The average molecular weight is 170 g/mol. The van der Waals surface area contributed by atoms with Gasteiger partial charge in [0.25, 0.3) is 0 Å². The second-order valence-corrected chi connectivity index (χ2v) is 3.26. The minimum atomic E-state index is -0.712. The molecule has 1 atom stereocenters. The standard InChI is InChI=1S/C9H14O3/c1-7(2)8(10)12-9(3)5-4-6-11-9/h1,4-6H2,2-3H3. The summed E-state index contributed by atoms with van der Waals surface area (Å²) in [6, 6.07) is 0. The molecule has 1 aliphatic heterocycles. The van der Waals surface area contributed by atoms with Crippen LogP contribution in [0.4, 0.5) is 0 Å². The van der Waals surface area contributed by atoms with Crippen LogP contribution < -0.4 is 0 Å². The highest BCUT2D eigenvalue weighted by molar-refractivity contribution is 5.87. The van der Waals surface area contributed by atoms with Crippen LogP contribution in [-0.4, -0.2) is 18.4 Å². The smallest absolute Gasteiger partial charge is 0.335 e. The third-order valence-corrected chi connectivity index (χ3v) is 1.84. The molecular formula is C9H14O3. The quantitative estimate of drug-likeness (QED) is 0.466. The second-order valence-electron chi connectivity index (χ2n) is 3.26. The molecule has 68 valence electrons. The zero-order chi connectivity index (χ0) is 9.19. The van der Waals surface area contributed by atoms with E-state index in [2.05, 4.69) is 6.58 Å². The van der Waals surface area contributed by atoms with Gasteiger partial charge in [0.1, 0.15) is 0 Å². The number of hydrogen-bond donors (Lipinski definition) is 0. The van der Waals surface area contributed by atoms with Gasteiger partial charge in [-0.3, -0.25) is 0 Å². The molecule has 1 heterocycles. The Kier molecular flexibility index (Phi) is 2.52. The first-order valence-corrected chi connectivity index (χ1v) is 4.06. The van der Waals surface area contributed by atoms with E-state index in [4.69, 9.17) is 9.47 Å². The molecule has 0 radical (unpaired) electrons. The predicted octanol–water partition coefficient (Wildman–Crippen LogP) is 1.63. The maximum absolute atomic E-state index is 11.1. The van der Waals surface area contributed by atoms with E-state index in [1.807, 2.05) is 0 Å². The monoisotopic (exact) mass is 170 g/mol. The maximum Gasteiger partial charge on any atom is 0.335 e. The molecule has 0 aromatic rings. The summed E-state index contributed by atoms with van der Waals surface area (Å²) >= 11 is 0. The van der Waals surface area contributed by atoms with Crippen molar-refractivity contribution >= 4 is 5.97 Å². The van der Waals surface area contributed by atoms with Gasteiger partial charge < -0.3 is 9.47 Å². The summed E-state index contributed by atoms with van der Waals surface area (Å²) < 4.78 is 10.4. The molecule has 3 nitrogen and oxygen atoms in total. The van der Waals surface area contributed by atoms with Gasteiger partial charge in [0.2, 0.25) is 5.79 Å². The Hall–Kier alpha value is -0.830.